The Balaban J connectivity index is 1.81. The molecule has 3 nitrogen and oxygen atoms in total. The maximum atomic E-state index is 5.38. The van der Waals surface area contributed by atoms with Crippen LogP contribution in [0.25, 0.3) is 0 Å². The van der Waals surface area contributed by atoms with Crippen molar-refractivity contribution in [2.75, 3.05) is 0 Å². The van der Waals surface area contributed by atoms with Gasteiger partial charge in [-0.2, -0.15) is 0 Å². The van der Waals surface area contributed by atoms with E-state index in [1.54, 1.807) is 6.20 Å². The van der Waals surface area contributed by atoms with Crippen molar-refractivity contribution in [3.63, 3.8) is 0 Å². The number of aromatic nitrogens is 1. The van der Waals surface area contributed by atoms with Crippen LogP contribution in [0.15, 0.2) is 34.9 Å². The van der Waals surface area contributed by atoms with E-state index >= 15 is 0 Å². The summed E-state index contributed by atoms with van der Waals surface area (Å²) in [5, 5.41) is 3.31. The molecule has 0 radical (unpaired) electrons. The van der Waals surface area contributed by atoms with Gasteiger partial charge in [-0.1, -0.05) is 31.2 Å². The lowest BCUT2D eigenvalue weighted by Gasteiger charge is -2.03. The molecule has 0 aliphatic heterocycles. The predicted octanol–water partition coefficient (Wildman–Crippen LogP) is 2.84. The minimum atomic E-state index is 0.670. The first-order valence-electron chi connectivity index (χ1n) is 5.97. The van der Waals surface area contributed by atoms with Crippen molar-refractivity contribution in [3.05, 3.63) is 53.2 Å². The Morgan fingerprint density at radius 3 is 2.41 bits per heavy atom. The third-order valence-electron chi connectivity index (χ3n) is 2.71. The van der Waals surface area contributed by atoms with Crippen LogP contribution in [0.1, 0.15) is 29.7 Å². The second-order valence-corrected chi connectivity index (χ2v) is 4.14. The smallest absolute Gasteiger partial charge is 0.208 e. The normalized spacial score (nSPS) is 10.7. The van der Waals surface area contributed by atoms with E-state index in [1.165, 1.54) is 11.1 Å². The van der Waals surface area contributed by atoms with Crippen molar-refractivity contribution < 1.29 is 4.42 Å². The van der Waals surface area contributed by atoms with Crippen molar-refractivity contribution in [1.82, 2.24) is 10.3 Å². The minimum absolute atomic E-state index is 0.670. The third kappa shape index (κ3) is 3.43. The molecule has 3 heteroatoms. The summed E-state index contributed by atoms with van der Waals surface area (Å²) in [6, 6.07) is 8.66. The Labute approximate surface area is 102 Å². The highest BCUT2D eigenvalue weighted by Crippen LogP contribution is 2.05. The first-order valence-corrected chi connectivity index (χ1v) is 5.97. The summed E-state index contributed by atoms with van der Waals surface area (Å²) in [6.07, 6.45) is 2.83. The SMILES string of the molecule is CCc1ccc(CNCc2ncc(C)o2)cc1. The summed E-state index contributed by atoms with van der Waals surface area (Å²) in [5.41, 5.74) is 2.66. The largest absolute Gasteiger partial charge is 0.445 e. The van der Waals surface area contributed by atoms with Crippen molar-refractivity contribution in [1.29, 1.82) is 0 Å². The summed E-state index contributed by atoms with van der Waals surface area (Å²) in [6.45, 7) is 5.58. The topological polar surface area (TPSA) is 38.1 Å². The summed E-state index contributed by atoms with van der Waals surface area (Å²) >= 11 is 0. The fourth-order valence-corrected chi connectivity index (χ4v) is 1.69. The number of oxazole rings is 1. The van der Waals surface area contributed by atoms with E-state index in [1.807, 2.05) is 6.92 Å². The van der Waals surface area contributed by atoms with Crippen molar-refractivity contribution in [2.45, 2.75) is 33.4 Å². The lowest BCUT2D eigenvalue weighted by atomic mass is 10.1. The number of nitrogens with one attached hydrogen (secondary N) is 1. The molecular weight excluding hydrogens is 212 g/mol. The van der Waals surface area contributed by atoms with Crippen LogP contribution in [-0.2, 0) is 19.5 Å². The average molecular weight is 230 g/mol. The number of rotatable bonds is 5. The fourth-order valence-electron chi connectivity index (χ4n) is 1.69. The van der Waals surface area contributed by atoms with Crippen molar-refractivity contribution in [3.8, 4) is 0 Å². The van der Waals surface area contributed by atoms with E-state index in [4.69, 9.17) is 4.42 Å². The molecule has 0 atom stereocenters. The molecule has 90 valence electrons. The molecule has 1 aromatic carbocycles. The Bertz CT molecular complexity index is 459. The minimum Gasteiger partial charge on any atom is -0.445 e. The molecule has 0 saturated carbocycles. The molecule has 17 heavy (non-hydrogen) atoms. The molecule has 0 saturated heterocycles. The average Bonchev–Trinajstić information content (AvgIpc) is 2.76. The van der Waals surface area contributed by atoms with Gasteiger partial charge in [0.05, 0.1) is 12.7 Å². The third-order valence-corrected chi connectivity index (χ3v) is 2.71. The molecule has 0 spiro atoms. The van der Waals surface area contributed by atoms with Crippen LogP contribution in [0.2, 0.25) is 0 Å². The first kappa shape index (κ1) is 11.9. The van der Waals surface area contributed by atoms with Gasteiger partial charge in [0.15, 0.2) is 0 Å². The second kappa shape index (κ2) is 5.64. The van der Waals surface area contributed by atoms with Gasteiger partial charge in [0, 0.05) is 6.54 Å². The first-order chi connectivity index (χ1) is 8.28. The van der Waals surface area contributed by atoms with Gasteiger partial charge < -0.3 is 9.73 Å². The van der Waals surface area contributed by atoms with Crippen LogP contribution in [-0.4, -0.2) is 4.98 Å². The maximum absolute atomic E-state index is 5.38. The predicted molar refractivity (Wildman–Crippen MR) is 67.6 cm³/mol. The Hall–Kier alpha value is -1.61. The van der Waals surface area contributed by atoms with Crippen LogP contribution in [0.5, 0.6) is 0 Å². The van der Waals surface area contributed by atoms with Crippen LogP contribution in [0.3, 0.4) is 0 Å². The lowest BCUT2D eigenvalue weighted by molar-refractivity contribution is 0.449. The Morgan fingerprint density at radius 1 is 1.12 bits per heavy atom. The Kier molecular flexibility index (Phi) is 3.94. The van der Waals surface area contributed by atoms with Gasteiger partial charge in [0.2, 0.25) is 5.89 Å². The van der Waals surface area contributed by atoms with Gasteiger partial charge >= 0.3 is 0 Å². The van der Waals surface area contributed by atoms with Gasteiger partial charge in [0.25, 0.3) is 0 Å². The summed E-state index contributed by atoms with van der Waals surface area (Å²) < 4.78 is 5.38. The zero-order valence-corrected chi connectivity index (χ0v) is 10.4. The lowest BCUT2D eigenvalue weighted by Crippen LogP contribution is -2.12. The number of benzene rings is 1. The van der Waals surface area contributed by atoms with Crippen molar-refractivity contribution in [2.24, 2.45) is 0 Å². The van der Waals surface area contributed by atoms with Gasteiger partial charge in [-0.05, 0) is 24.5 Å². The maximum Gasteiger partial charge on any atom is 0.208 e. The monoisotopic (exact) mass is 230 g/mol. The zero-order valence-electron chi connectivity index (χ0n) is 10.4. The van der Waals surface area contributed by atoms with Gasteiger partial charge in [0.1, 0.15) is 5.76 Å². The van der Waals surface area contributed by atoms with E-state index in [0.29, 0.717) is 6.54 Å². The number of hydrogen-bond acceptors (Lipinski definition) is 3. The molecule has 0 fully saturated rings. The second-order valence-electron chi connectivity index (χ2n) is 4.14. The van der Waals surface area contributed by atoms with Crippen LogP contribution < -0.4 is 5.32 Å². The highest BCUT2D eigenvalue weighted by molar-refractivity contribution is 5.22. The standard InChI is InChI=1S/C14H18N2O/c1-3-12-4-6-13(7-5-12)9-15-10-14-16-8-11(2)17-14/h4-8,15H,3,9-10H2,1-2H3. The molecule has 0 aliphatic carbocycles. The summed E-state index contributed by atoms with van der Waals surface area (Å²) in [5.74, 6) is 1.60. The van der Waals surface area contributed by atoms with Crippen LogP contribution in [0, 0.1) is 6.92 Å². The molecular formula is C14H18N2O. The molecule has 2 aromatic rings. The van der Waals surface area contributed by atoms with Gasteiger partial charge in [-0.15, -0.1) is 0 Å². The number of nitrogens with zero attached hydrogens (tertiary/aromatic N) is 1. The molecule has 2 rings (SSSR count). The van der Waals surface area contributed by atoms with Gasteiger partial charge in [-0.25, -0.2) is 4.98 Å². The molecule has 0 bridgehead atoms. The molecule has 1 N–H and O–H groups in total. The Morgan fingerprint density at radius 2 is 1.82 bits per heavy atom. The highest BCUT2D eigenvalue weighted by Gasteiger charge is 1.99. The molecule has 1 heterocycles. The quantitative estimate of drug-likeness (QED) is 0.858. The van der Waals surface area contributed by atoms with E-state index < -0.39 is 0 Å². The van der Waals surface area contributed by atoms with Crippen LogP contribution >= 0.6 is 0 Å². The van der Waals surface area contributed by atoms with E-state index in [2.05, 4.69) is 41.5 Å². The van der Waals surface area contributed by atoms with E-state index in [0.717, 1.165) is 24.6 Å². The molecule has 0 aliphatic rings. The number of aryl methyl sites for hydroxylation is 2. The summed E-state index contributed by atoms with van der Waals surface area (Å²) in [7, 11) is 0. The van der Waals surface area contributed by atoms with Crippen molar-refractivity contribution >= 4 is 0 Å². The van der Waals surface area contributed by atoms with E-state index in [-0.39, 0.29) is 0 Å². The molecule has 1 aromatic heterocycles. The summed E-state index contributed by atoms with van der Waals surface area (Å²) in [4.78, 5) is 4.15. The molecule has 0 amide bonds. The molecule has 0 unspecified atom stereocenters. The zero-order chi connectivity index (χ0) is 12.1. The number of hydrogen-bond donors (Lipinski definition) is 1. The van der Waals surface area contributed by atoms with Gasteiger partial charge in [-0.3, -0.25) is 0 Å². The van der Waals surface area contributed by atoms with E-state index in [9.17, 15) is 0 Å². The highest BCUT2D eigenvalue weighted by atomic mass is 16.4. The van der Waals surface area contributed by atoms with Crippen LogP contribution in [0.4, 0.5) is 0 Å². The fraction of sp³-hybridized carbons (Fsp3) is 0.357.